The molecular formula is C13H20IN5S. The van der Waals surface area contributed by atoms with Gasteiger partial charge in [0.2, 0.25) is 0 Å². The molecule has 2 aromatic heterocycles. The Labute approximate surface area is 140 Å². The van der Waals surface area contributed by atoms with Crippen molar-refractivity contribution in [2.45, 2.75) is 20.0 Å². The molecule has 7 heteroatoms. The van der Waals surface area contributed by atoms with Gasteiger partial charge in [-0.1, -0.05) is 0 Å². The zero-order valence-corrected chi connectivity index (χ0v) is 15.0. The zero-order valence-electron chi connectivity index (χ0n) is 11.9. The molecule has 0 spiro atoms. The molecule has 0 atom stereocenters. The van der Waals surface area contributed by atoms with Crippen LogP contribution in [0.2, 0.25) is 0 Å². The molecule has 0 aromatic carbocycles. The number of hydrogen-bond acceptors (Lipinski definition) is 3. The van der Waals surface area contributed by atoms with E-state index in [0.29, 0.717) is 0 Å². The maximum atomic E-state index is 4.21. The molecular weight excluding hydrogens is 385 g/mol. The molecule has 0 fully saturated rings. The molecule has 20 heavy (non-hydrogen) atoms. The summed E-state index contributed by atoms with van der Waals surface area (Å²) in [5, 5.41) is 12.8. The molecule has 0 saturated carbocycles. The Hall–Kier alpha value is -1.09. The quantitative estimate of drug-likeness (QED) is 0.466. The summed E-state index contributed by atoms with van der Waals surface area (Å²) in [4.78, 5) is 5.55. The van der Waals surface area contributed by atoms with Crippen molar-refractivity contribution < 1.29 is 0 Å². The van der Waals surface area contributed by atoms with E-state index in [-0.39, 0.29) is 24.0 Å². The maximum Gasteiger partial charge on any atom is 0.191 e. The lowest BCUT2D eigenvalue weighted by Crippen LogP contribution is -2.36. The van der Waals surface area contributed by atoms with E-state index < -0.39 is 0 Å². The molecule has 0 saturated heterocycles. The number of aliphatic imine (C=N–C) groups is 1. The smallest absolute Gasteiger partial charge is 0.191 e. The molecule has 0 aliphatic rings. The number of aryl methyl sites for hydroxylation is 2. The highest BCUT2D eigenvalue weighted by molar-refractivity contribution is 14.0. The van der Waals surface area contributed by atoms with Gasteiger partial charge in [0.25, 0.3) is 0 Å². The third-order valence-corrected chi connectivity index (χ3v) is 3.85. The Bertz CT molecular complexity index is 561. The summed E-state index contributed by atoms with van der Waals surface area (Å²) in [6, 6.07) is 2.13. The first-order chi connectivity index (χ1) is 9.19. The largest absolute Gasteiger partial charge is 0.352 e. The number of rotatable bonds is 4. The van der Waals surface area contributed by atoms with E-state index in [1.54, 1.807) is 23.1 Å². The van der Waals surface area contributed by atoms with Crippen molar-refractivity contribution >= 4 is 41.3 Å². The van der Waals surface area contributed by atoms with E-state index in [4.69, 9.17) is 0 Å². The van der Waals surface area contributed by atoms with E-state index in [0.717, 1.165) is 24.6 Å². The van der Waals surface area contributed by atoms with E-state index in [1.807, 2.05) is 19.4 Å². The number of halogens is 1. The molecule has 0 amide bonds. The van der Waals surface area contributed by atoms with Crippen LogP contribution in [0, 0.1) is 6.92 Å². The number of aromatic nitrogens is 2. The molecule has 0 bridgehead atoms. The van der Waals surface area contributed by atoms with Crippen LogP contribution in [-0.4, -0.2) is 22.8 Å². The van der Waals surface area contributed by atoms with Crippen LogP contribution in [-0.2, 0) is 20.1 Å². The number of guanidine groups is 1. The predicted octanol–water partition coefficient (Wildman–Crippen LogP) is 2.27. The van der Waals surface area contributed by atoms with Gasteiger partial charge in [0.15, 0.2) is 5.96 Å². The van der Waals surface area contributed by atoms with Crippen LogP contribution in [0.1, 0.15) is 16.0 Å². The summed E-state index contributed by atoms with van der Waals surface area (Å²) < 4.78 is 1.79. The van der Waals surface area contributed by atoms with E-state index in [2.05, 4.69) is 39.1 Å². The third-order valence-electron chi connectivity index (χ3n) is 2.83. The molecule has 2 rings (SSSR count). The fourth-order valence-corrected chi connectivity index (χ4v) is 2.56. The van der Waals surface area contributed by atoms with Crippen LogP contribution in [0.15, 0.2) is 28.8 Å². The molecule has 0 aliphatic carbocycles. The molecule has 110 valence electrons. The van der Waals surface area contributed by atoms with Crippen molar-refractivity contribution in [3.05, 3.63) is 39.8 Å². The Kier molecular flexibility index (Phi) is 7.00. The Morgan fingerprint density at radius 3 is 2.70 bits per heavy atom. The topological polar surface area (TPSA) is 54.2 Å². The van der Waals surface area contributed by atoms with Crippen LogP contribution in [0.3, 0.4) is 0 Å². The molecule has 2 N–H and O–H groups in total. The summed E-state index contributed by atoms with van der Waals surface area (Å²) >= 11 is 1.76. The predicted molar refractivity (Wildman–Crippen MR) is 94.7 cm³/mol. The van der Waals surface area contributed by atoms with Gasteiger partial charge in [-0.25, -0.2) is 0 Å². The van der Waals surface area contributed by atoms with Gasteiger partial charge >= 0.3 is 0 Å². The summed E-state index contributed by atoms with van der Waals surface area (Å²) in [6.45, 7) is 3.65. The molecule has 0 radical (unpaired) electrons. The standard InChI is InChI=1S/C13H19N5S.HI/c1-10-4-5-19-12(10)8-16-13(14-2)15-6-11-7-17-18(3)9-11;/h4-5,7,9H,6,8H2,1-3H3,(H2,14,15,16);1H. The number of nitrogens with zero attached hydrogens (tertiary/aromatic N) is 3. The second kappa shape index (κ2) is 8.25. The van der Waals surface area contributed by atoms with Crippen LogP contribution in [0.25, 0.3) is 0 Å². The summed E-state index contributed by atoms with van der Waals surface area (Å²) in [5.41, 5.74) is 2.46. The van der Waals surface area contributed by atoms with E-state index in [1.165, 1.54) is 10.4 Å². The second-order valence-electron chi connectivity index (χ2n) is 4.33. The van der Waals surface area contributed by atoms with Gasteiger partial charge in [-0.15, -0.1) is 35.3 Å². The van der Waals surface area contributed by atoms with Crippen LogP contribution >= 0.6 is 35.3 Å². The molecule has 5 nitrogen and oxygen atoms in total. The monoisotopic (exact) mass is 405 g/mol. The van der Waals surface area contributed by atoms with E-state index >= 15 is 0 Å². The lowest BCUT2D eigenvalue weighted by atomic mass is 10.3. The third kappa shape index (κ3) is 4.78. The van der Waals surface area contributed by atoms with Crippen LogP contribution in [0.4, 0.5) is 0 Å². The van der Waals surface area contributed by atoms with Crippen molar-refractivity contribution in [1.29, 1.82) is 0 Å². The first-order valence-corrected chi connectivity index (χ1v) is 7.02. The lowest BCUT2D eigenvalue weighted by Gasteiger charge is -2.10. The number of hydrogen-bond donors (Lipinski definition) is 2. The first-order valence-electron chi connectivity index (χ1n) is 6.14. The van der Waals surface area contributed by atoms with E-state index in [9.17, 15) is 0 Å². The Morgan fingerprint density at radius 2 is 2.15 bits per heavy atom. The van der Waals surface area contributed by atoms with Gasteiger partial charge < -0.3 is 10.6 Å². The highest BCUT2D eigenvalue weighted by atomic mass is 127. The fourth-order valence-electron chi connectivity index (χ4n) is 1.72. The number of nitrogens with one attached hydrogen (secondary N) is 2. The van der Waals surface area contributed by atoms with Gasteiger partial charge in [0.05, 0.1) is 12.7 Å². The Balaban J connectivity index is 0.00000200. The van der Waals surface area contributed by atoms with Crippen LogP contribution < -0.4 is 10.6 Å². The Morgan fingerprint density at radius 1 is 1.40 bits per heavy atom. The van der Waals surface area contributed by atoms with Gasteiger partial charge in [-0.05, 0) is 23.9 Å². The normalized spacial score (nSPS) is 11.1. The van der Waals surface area contributed by atoms with Crippen molar-refractivity contribution in [3.63, 3.8) is 0 Å². The minimum absolute atomic E-state index is 0. The minimum atomic E-state index is 0. The average Bonchev–Trinajstić information content (AvgIpc) is 2.99. The molecule has 0 unspecified atom stereocenters. The SMILES string of the molecule is CN=C(NCc1cnn(C)c1)NCc1sccc1C.I. The van der Waals surface area contributed by atoms with Crippen molar-refractivity contribution in [2.75, 3.05) is 7.05 Å². The maximum absolute atomic E-state index is 4.21. The minimum Gasteiger partial charge on any atom is -0.352 e. The van der Waals surface area contributed by atoms with Gasteiger partial charge in [0, 0.05) is 37.3 Å². The van der Waals surface area contributed by atoms with Crippen LogP contribution in [0.5, 0.6) is 0 Å². The lowest BCUT2D eigenvalue weighted by molar-refractivity contribution is 0.765. The fraction of sp³-hybridized carbons (Fsp3) is 0.385. The zero-order chi connectivity index (χ0) is 13.7. The molecule has 0 aliphatic heterocycles. The molecule has 2 aromatic rings. The van der Waals surface area contributed by atoms with Crippen molar-refractivity contribution in [2.24, 2.45) is 12.0 Å². The van der Waals surface area contributed by atoms with Crippen molar-refractivity contribution in [3.8, 4) is 0 Å². The summed E-state index contributed by atoms with van der Waals surface area (Å²) in [7, 11) is 3.69. The summed E-state index contributed by atoms with van der Waals surface area (Å²) in [5.74, 6) is 0.802. The van der Waals surface area contributed by atoms with Gasteiger partial charge in [-0.3, -0.25) is 9.67 Å². The average molecular weight is 405 g/mol. The highest BCUT2D eigenvalue weighted by Crippen LogP contribution is 2.14. The summed E-state index contributed by atoms with van der Waals surface area (Å²) in [6.07, 6.45) is 3.84. The molecule has 2 heterocycles. The first kappa shape index (κ1) is 17.0. The van der Waals surface area contributed by atoms with Gasteiger partial charge in [-0.2, -0.15) is 5.10 Å². The number of thiophene rings is 1. The highest BCUT2D eigenvalue weighted by Gasteiger charge is 2.02. The second-order valence-corrected chi connectivity index (χ2v) is 5.33. The van der Waals surface area contributed by atoms with Crippen molar-refractivity contribution in [1.82, 2.24) is 20.4 Å². The van der Waals surface area contributed by atoms with Gasteiger partial charge in [0.1, 0.15) is 0 Å².